The van der Waals surface area contributed by atoms with Crippen molar-refractivity contribution in [2.45, 2.75) is 18.5 Å². The Balaban J connectivity index is 1.56. The van der Waals surface area contributed by atoms with E-state index in [4.69, 9.17) is 0 Å². The Morgan fingerprint density at radius 2 is 1.47 bits per heavy atom. The maximum Gasteiger partial charge on any atom is 0.332 e. The van der Waals surface area contributed by atoms with Gasteiger partial charge in [0.1, 0.15) is 12.1 Å². The largest absolute Gasteiger partial charge is 0.356 e. The summed E-state index contributed by atoms with van der Waals surface area (Å²) in [6, 6.07) is 26.1. The van der Waals surface area contributed by atoms with Crippen molar-refractivity contribution < 1.29 is 9.59 Å². The zero-order chi connectivity index (χ0) is 20.2. The number of carbonyl (C=O) groups is 2. The Bertz CT molecular complexity index is 1280. The number of fused-ring (bicyclic) bond motifs is 4. The number of anilines is 1. The number of carbonyl (C=O) groups excluding carboxylic acids is 2. The van der Waals surface area contributed by atoms with E-state index >= 15 is 0 Å². The second-order valence-corrected chi connectivity index (χ2v) is 7.79. The summed E-state index contributed by atoms with van der Waals surface area (Å²) < 4.78 is 0. The third kappa shape index (κ3) is 2.29. The molecule has 0 bridgehead atoms. The molecule has 1 aromatic heterocycles. The molecule has 1 fully saturated rings. The number of amides is 3. The third-order valence-electron chi connectivity index (χ3n) is 6.18. The number of imide groups is 1. The molecule has 2 aliphatic heterocycles. The molecule has 6 rings (SSSR count). The maximum atomic E-state index is 13.6. The van der Waals surface area contributed by atoms with Gasteiger partial charge in [0.05, 0.1) is 5.69 Å². The van der Waals surface area contributed by atoms with Crippen molar-refractivity contribution in [3.05, 3.63) is 102 Å². The summed E-state index contributed by atoms with van der Waals surface area (Å²) >= 11 is 0. The second-order valence-electron chi connectivity index (χ2n) is 7.79. The number of H-pyrrole nitrogens is 1. The molecule has 1 N–H and O–H groups in total. The van der Waals surface area contributed by atoms with Crippen LogP contribution in [0.15, 0.2) is 84.9 Å². The molecule has 2 atom stereocenters. The zero-order valence-corrected chi connectivity index (χ0v) is 16.2. The number of nitrogens with zero attached hydrogens (tertiary/aromatic N) is 2. The molecule has 3 aromatic carbocycles. The van der Waals surface area contributed by atoms with Crippen molar-refractivity contribution in [1.82, 2.24) is 9.88 Å². The summed E-state index contributed by atoms with van der Waals surface area (Å²) in [5.74, 6) is -0.164. The Hall–Kier alpha value is -3.86. The summed E-state index contributed by atoms with van der Waals surface area (Å²) in [6.45, 7) is 0. The minimum atomic E-state index is -0.519. The Kier molecular flexibility index (Phi) is 3.59. The molecule has 0 radical (unpaired) electrons. The lowest BCUT2D eigenvalue weighted by molar-refractivity contribution is -0.120. The Morgan fingerprint density at radius 3 is 2.23 bits per heavy atom. The molecule has 5 heteroatoms. The van der Waals surface area contributed by atoms with Crippen LogP contribution in [-0.4, -0.2) is 27.9 Å². The molecule has 0 unspecified atom stereocenters. The maximum absolute atomic E-state index is 13.6. The fraction of sp³-hybridized carbons (Fsp3) is 0.120. The van der Waals surface area contributed by atoms with E-state index in [1.54, 1.807) is 17.0 Å². The van der Waals surface area contributed by atoms with Gasteiger partial charge in [-0.05, 0) is 29.3 Å². The molecular weight excluding hydrogens is 374 g/mol. The number of nitrogens with one attached hydrogen (secondary N) is 1. The quantitative estimate of drug-likeness (QED) is 0.504. The molecule has 3 heterocycles. The first kappa shape index (κ1) is 17.0. The second kappa shape index (κ2) is 6.32. The summed E-state index contributed by atoms with van der Waals surface area (Å²) in [7, 11) is 0. The SMILES string of the molecule is O=C1[C@H]2Cc3c([nH]c4ccccc34)[C@@H](c3ccccc3)N2C(=O)N1c1ccccc1. The van der Waals surface area contributed by atoms with Crippen molar-refractivity contribution in [1.29, 1.82) is 0 Å². The molecule has 0 spiro atoms. The number of para-hydroxylation sites is 2. The van der Waals surface area contributed by atoms with Crippen molar-refractivity contribution in [2.75, 3.05) is 4.90 Å². The summed E-state index contributed by atoms with van der Waals surface area (Å²) in [5, 5.41) is 1.12. The average molecular weight is 393 g/mol. The van der Waals surface area contributed by atoms with Crippen LogP contribution in [0.1, 0.15) is 22.9 Å². The van der Waals surface area contributed by atoms with Crippen LogP contribution >= 0.6 is 0 Å². The molecule has 30 heavy (non-hydrogen) atoms. The highest BCUT2D eigenvalue weighted by Gasteiger charge is 2.53. The van der Waals surface area contributed by atoms with E-state index < -0.39 is 6.04 Å². The Labute approximate surface area is 173 Å². The molecule has 146 valence electrons. The zero-order valence-electron chi connectivity index (χ0n) is 16.2. The first-order chi connectivity index (χ1) is 14.7. The lowest BCUT2D eigenvalue weighted by atomic mass is 9.89. The molecule has 0 saturated carbocycles. The fourth-order valence-electron chi connectivity index (χ4n) is 4.87. The van der Waals surface area contributed by atoms with Crippen molar-refractivity contribution >= 4 is 28.5 Å². The monoisotopic (exact) mass is 393 g/mol. The van der Waals surface area contributed by atoms with Gasteiger partial charge in [-0.2, -0.15) is 0 Å². The topological polar surface area (TPSA) is 56.4 Å². The van der Waals surface area contributed by atoms with Crippen LogP contribution in [0.25, 0.3) is 10.9 Å². The lowest BCUT2D eigenvalue weighted by Crippen LogP contribution is -2.44. The predicted molar refractivity (Wildman–Crippen MR) is 115 cm³/mol. The minimum Gasteiger partial charge on any atom is -0.356 e. The summed E-state index contributed by atoms with van der Waals surface area (Å²) in [4.78, 5) is 33.6. The van der Waals surface area contributed by atoms with Gasteiger partial charge in [-0.1, -0.05) is 66.7 Å². The first-order valence-corrected chi connectivity index (χ1v) is 10.1. The summed E-state index contributed by atoms with van der Waals surface area (Å²) in [6.07, 6.45) is 0.511. The van der Waals surface area contributed by atoms with Crippen molar-refractivity contribution in [3.8, 4) is 0 Å². The van der Waals surface area contributed by atoms with E-state index in [1.807, 2.05) is 66.7 Å². The third-order valence-corrected chi connectivity index (χ3v) is 6.18. The van der Waals surface area contributed by atoms with Gasteiger partial charge in [0, 0.05) is 23.0 Å². The number of urea groups is 1. The molecule has 0 aliphatic carbocycles. The van der Waals surface area contributed by atoms with Crippen molar-refractivity contribution in [2.24, 2.45) is 0 Å². The van der Waals surface area contributed by atoms with Crippen LogP contribution in [-0.2, 0) is 11.2 Å². The molecular formula is C25H19N3O2. The molecule has 1 saturated heterocycles. The standard InChI is InChI=1S/C25H19N3O2/c29-24-21-15-19-18-13-7-8-14-20(18)26-22(19)23(16-9-3-1-4-10-16)28(21)25(30)27(24)17-11-5-2-6-12-17/h1-14,21,23,26H,15H2/t21-,23-/m1/s1. The van der Waals surface area contributed by atoms with Crippen molar-refractivity contribution in [3.63, 3.8) is 0 Å². The van der Waals surface area contributed by atoms with Gasteiger partial charge in [-0.15, -0.1) is 0 Å². The minimum absolute atomic E-state index is 0.164. The van der Waals surface area contributed by atoms with Gasteiger partial charge >= 0.3 is 6.03 Å². The Morgan fingerprint density at radius 1 is 0.800 bits per heavy atom. The predicted octanol–water partition coefficient (Wildman–Crippen LogP) is 4.65. The van der Waals surface area contributed by atoms with Gasteiger partial charge < -0.3 is 4.98 Å². The average Bonchev–Trinajstić information content (AvgIpc) is 3.28. The van der Waals surface area contributed by atoms with Crippen LogP contribution in [0.4, 0.5) is 10.5 Å². The smallest absolute Gasteiger partial charge is 0.332 e. The molecule has 2 aliphatic rings. The normalized spacial score (nSPS) is 20.5. The fourth-order valence-corrected chi connectivity index (χ4v) is 4.87. The van der Waals surface area contributed by atoms with E-state index in [1.165, 1.54) is 4.90 Å². The number of hydrogen-bond acceptors (Lipinski definition) is 2. The van der Waals surface area contributed by atoms with Crippen LogP contribution in [0.2, 0.25) is 0 Å². The number of rotatable bonds is 2. The molecule has 5 nitrogen and oxygen atoms in total. The lowest BCUT2D eigenvalue weighted by Gasteiger charge is -2.36. The number of benzene rings is 3. The first-order valence-electron chi connectivity index (χ1n) is 10.1. The van der Waals surface area contributed by atoms with Gasteiger partial charge in [0.2, 0.25) is 0 Å². The van der Waals surface area contributed by atoms with Crippen LogP contribution in [0.5, 0.6) is 0 Å². The molecule has 3 amide bonds. The number of aromatic nitrogens is 1. The van der Waals surface area contributed by atoms with E-state index in [0.29, 0.717) is 12.1 Å². The van der Waals surface area contributed by atoms with Gasteiger partial charge in [-0.25, -0.2) is 9.69 Å². The van der Waals surface area contributed by atoms with E-state index in [0.717, 1.165) is 27.7 Å². The summed E-state index contributed by atoms with van der Waals surface area (Å²) in [5.41, 5.74) is 4.75. The van der Waals surface area contributed by atoms with Crippen LogP contribution in [0.3, 0.4) is 0 Å². The van der Waals surface area contributed by atoms with E-state index in [-0.39, 0.29) is 18.0 Å². The highest BCUT2D eigenvalue weighted by atomic mass is 16.2. The van der Waals surface area contributed by atoms with Gasteiger partial charge in [0.25, 0.3) is 5.91 Å². The molecule has 4 aromatic rings. The van der Waals surface area contributed by atoms with E-state index in [2.05, 4.69) is 11.1 Å². The van der Waals surface area contributed by atoms with Gasteiger partial charge in [-0.3, -0.25) is 9.69 Å². The highest BCUT2D eigenvalue weighted by Crippen LogP contribution is 2.44. The van der Waals surface area contributed by atoms with Gasteiger partial charge in [0.15, 0.2) is 0 Å². The number of hydrogen-bond donors (Lipinski definition) is 1. The highest BCUT2D eigenvalue weighted by molar-refractivity contribution is 6.22. The van der Waals surface area contributed by atoms with E-state index in [9.17, 15) is 9.59 Å². The van der Waals surface area contributed by atoms with Crippen LogP contribution < -0.4 is 4.90 Å². The number of aromatic amines is 1. The van der Waals surface area contributed by atoms with Crippen LogP contribution in [0, 0.1) is 0 Å².